The molecule has 0 radical (unpaired) electrons. The molecule has 4 rings (SSSR count). The minimum absolute atomic E-state index is 0.343. The van der Waals surface area contributed by atoms with Crippen LogP contribution < -0.4 is 4.74 Å². The Labute approximate surface area is 193 Å². The fraction of sp³-hybridized carbons (Fsp3) is 0.115. The molecule has 0 amide bonds. The molecule has 7 heteroatoms. The number of fused-ring (bicyclic) bond motifs is 1. The molecule has 4 aromatic rings. The van der Waals surface area contributed by atoms with E-state index in [4.69, 9.17) is 21.4 Å². The molecule has 0 spiro atoms. The summed E-state index contributed by atoms with van der Waals surface area (Å²) in [5.41, 5.74) is 1.61. The Balaban J connectivity index is 1.79. The van der Waals surface area contributed by atoms with E-state index in [9.17, 15) is 18.0 Å². The van der Waals surface area contributed by atoms with Crippen molar-refractivity contribution in [3.63, 3.8) is 0 Å². The molecule has 0 aliphatic carbocycles. The molecule has 0 fully saturated rings. The Morgan fingerprint density at radius 1 is 0.879 bits per heavy atom. The monoisotopic (exact) mass is 470 g/mol. The second kappa shape index (κ2) is 9.16. The van der Waals surface area contributed by atoms with Gasteiger partial charge in [0.2, 0.25) is 0 Å². The van der Waals surface area contributed by atoms with E-state index < -0.39 is 24.3 Å². The highest BCUT2D eigenvalue weighted by Crippen LogP contribution is 2.38. The van der Waals surface area contributed by atoms with Crippen molar-refractivity contribution in [3.8, 4) is 16.9 Å². The smallest absolute Gasteiger partial charge is 0.417 e. The van der Waals surface area contributed by atoms with E-state index in [1.54, 1.807) is 18.2 Å². The van der Waals surface area contributed by atoms with E-state index in [2.05, 4.69) is 0 Å². The third-order valence-electron chi connectivity index (χ3n) is 5.28. The van der Waals surface area contributed by atoms with Crippen molar-refractivity contribution in [1.29, 1.82) is 0 Å². The Kier molecular flexibility index (Phi) is 6.29. The molecule has 3 nitrogen and oxygen atoms in total. The molecular formula is C26H18ClF3O3. The molecule has 0 saturated carbocycles. The van der Waals surface area contributed by atoms with Crippen molar-refractivity contribution >= 4 is 28.3 Å². The minimum Gasteiger partial charge on any atom is -0.482 e. The quantitative estimate of drug-likeness (QED) is 0.323. The Morgan fingerprint density at radius 3 is 2.33 bits per heavy atom. The zero-order valence-corrected chi connectivity index (χ0v) is 18.0. The number of alkyl halides is 3. The van der Waals surface area contributed by atoms with Crippen molar-refractivity contribution in [2.75, 3.05) is 6.61 Å². The number of aliphatic carboxylic acids is 1. The van der Waals surface area contributed by atoms with Gasteiger partial charge in [-0.05, 0) is 57.3 Å². The topological polar surface area (TPSA) is 46.5 Å². The molecule has 33 heavy (non-hydrogen) atoms. The maximum atomic E-state index is 13.3. The molecule has 0 aliphatic rings. The van der Waals surface area contributed by atoms with Gasteiger partial charge in [-0.1, -0.05) is 66.2 Å². The van der Waals surface area contributed by atoms with Crippen LogP contribution in [0.15, 0.2) is 78.9 Å². The highest BCUT2D eigenvalue weighted by Gasteiger charge is 2.33. The van der Waals surface area contributed by atoms with Crippen LogP contribution in [0.3, 0.4) is 0 Å². The molecule has 0 aromatic heterocycles. The number of hydrogen-bond donors (Lipinski definition) is 1. The van der Waals surface area contributed by atoms with Crippen LogP contribution in [0.4, 0.5) is 13.2 Å². The van der Waals surface area contributed by atoms with Crippen LogP contribution in [0.2, 0.25) is 5.02 Å². The molecule has 0 saturated heterocycles. The van der Waals surface area contributed by atoms with Gasteiger partial charge >= 0.3 is 12.1 Å². The first-order chi connectivity index (χ1) is 15.7. The average molecular weight is 471 g/mol. The number of carbonyl (C=O) groups is 1. The molecular weight excluding hydrogens is 453 g/mol. The fourth-order valence-electron chi connectivity index (χ4n) is 3.75. The average Bonchev–Trinajstić information content (AvgIpc) is 2.78. The second-order valence-electron chi connectivity index (χ2n) is 7.51. The first kappa shape index (κ1) is 22.7. The minimum atomic E-state index is -4.58. The standard InChI is InChI=1S/C26H18ClF3O3/c27-23-10-8-18(14-22(23)26(28,29)30)17-9-11-24(33-15-25(31)32)20(12-17)13-19-6-3-5-16-4-1-2-7-21(16)19/h1-12,14H,13,15H2,(H,31,32). The maximum Gasteiger partial charge on any atom is 0.417 e. The highest BCUT2D eigenvalue weighted by atomic mass is 35.5. The summed E-state index contributed by atoms with van der Waals surface area (Å²) in [6, 6.07) is 22.4. The van der Waals surface area contributed by atoms with Crippen LogP contribution in [0.25, 0.3) is 21.9 Å². The maximum absolute atomic E-state index is 13.3. The summed E-state index contributed by atoms with van der Waals surface area (Å²) in [5, 5.41) is 10.7. The SMILES string of the molecule is O=C(O)COc1ccc(-c2ccc(Cl)c(C(F)(F)F)c2)cc1Cc1cccc2ccccc12. The number of benzene rings is 4. The van der Waals surface area contributed by atoms with E-state index in [0.29, 0.717) is 28.9 Å². The van der Waals surface area contributed by atoms with Crippen molar-refractivity contribution in [2.45, 2.75) is 12.6 Å². The normalized spacial score (nSPS) is 11.5. The number of hydrogen-bond acceptors (Lipinski definition) is 2. The van der Waals surface area contributed by atoms with Crippen molar-refractivity contribution in [1.82, 2.24) is 0 Å². The summed E-state index contributed by atoms with van der Waals surface area (Å²) in [6.07, 6.45) is -4.17. The lowest BCUT2D eigenvalue weighted by atomic mass is 9.95. The van der Waals surface area contributed by atoms with Crippen molar-refractivity contribution in [3.05, 3.63) is 101 Å². The van der Waals surface area contributed by atoms with Gasteiger partial charge in [0.1, 0.15) is 5.75 Å². The number of ether oxygens (including phenoxy) is 1. The van der Waals surface area contributed by atoms with Gasteiger partial charge in [-0.2, -0.15) is 13.2 Å². The molecule has 0 bridgehead atoms. The Bertz CT molecular complexity index is 1330. The van der Waals surface area contributed by atoms with Gasteiger partial charge in [0.25, 0.3) is 0 Å². The van der Waals surface area contributed by atoms with Crippen LogP contribution in [0, 0.1) is 0 Å². The van der Waals surface area contributed by atoms with Crippen LogP contribution in [0.1, 0.15) is 16.7 Å². The van der Waals surface area contributed by atoms with Gasteiger partial charge in [0.15, 0.2) is 6.61 Å². The summed E-state index contributed by atoms with van der Waals surface area (Å²) in [5.74, 6) is -0.762. The summed E-state index contributed by atoms with van der Waals surface area (Å²) < 4.78 is 45.5. The predicted octanol–water partition coefficient (Wildman–Crippen LogP) is 7.23. The summed E-state index contributed by atoms with van der Waals surface area (Å²) in [6.45, 7) is -0.527. The first-order valence-electron chi connectivity index (χ1n) is 10.0. The lowest BCUT2D eigenvalue weighted by molar-refractivity contribution is -0.139. The molecule has 4 aromatic carbocycles. The van der Waals surface area contributed by atoms with Gasteiger partial charge < -0.3 is 9.84 Å². The fourth-order valence-corrected chi connectivity index (χ4v) is 3.98. The van der Waals surface area contributed by atoms with Crippen LogP contribution in [-0.4, -0.2) is 17.7 Å². The van der Waals surface area contributed by atoms with E-state index in [1.807, 2.05) is 42.5 Å². The van der Waals surface area contributed by atoms with Crippen molar-refractivity contribution < 1.29 is 27.8 Å². The Hall–Kier alpha value is -3.51. The lowest BCUT2D eigenvalue weighted by Gasteiger charge is -2.15. The third-order valence-corrected chi connectivity index (χ3v) is 5.61. The van der Waals surface area contributed by atoms with Gasteiger partial charge in [-0.3, -0.25) is 0 Å². The van der Waals surface area contributed by atoms with E-state index in [-0.39, 0.29) is 5.02 Å². The van der Waals surface area contributed by atoms with Gasteiger partial charge in [0.05, 0.1) is 10.6 Å². The zero-order valence-electron chi connectivity index (χ0n) is 17.2. The molecule has 0 heterocycles. The predicted molar refractivity (Wildman–Crippen MR) is 122 cm³/mol. The first-order valence-corrected chi connectivity index (χ1v) is 10.4. The molecule has 1 N–H and O–H groups in total. The Morgan fingerprint density at radius 2 is 1.58 bits per heavy atom. The largest absolute Gasteiger partial charge is 0.482 e. The number of carboxylic acid groups (broad SMARTS) is 1. The zero-order chi connectivity index (χ0) is 23.6. The van der Waals surface area contributed by atoms with Crippen LogP contribution >= 0.6 is 11.6 Å². The lowest BCUT2D eigenvalue weighted by Crippen LogP contribution is -2.11. The number of halogens is 4. The summed E-state index contributed by atoms with van der Waals surface area (Å²) in [4.78, 5) is 11.0. The summed E-state index contributed by atoms with van der Waals surface area (Å²) in [7, 11) is 0. The van der Waals surface area contributed by atoms with Gasteiger partial charge in [-0.15, -0.1) is 0 Å². The van der Waals surface area contributed by atoms with Crippen LogP contribution in [-0.2, 0) is 17.4 Å². The molecule has 0 unspecified atom stereocenters. The van der Waals surface area contributed by atoms with E-state index in [1.165, 1.54) is 12.1 Å². The second-order valence-corrected chi connectivity index (χ2v) is 7.92. The highest BCUT2D eigenvalue weighted by molar-refractivity contribution is 6.31. The number of rotatable bonds is 6. The van der Waals surface area contributed by atoms with Crippen LogP contribution in [0.5, 0.6) is 5.75 Å². The van der Waals surface area contributed by atoms with Crippen molar-refractivity contribution in [2.24, 2.45) is 0 Å². The van der Waals surface area contributed by atoms with Gasteiger partial charge in [0, 0.05) is 6.42 Å². The molecule has 0 atom stereocenters. The molecule has 168 valence electrons. The van der Waals surface area contributed by atoms with E-state index >= 15 is 0 Å². The third kappa shape index (κ3) is 5.12. The number of carboxylic acids is 1. The van der Waals surface area contributed by atoms with E-state index in [0.717, 1.165) is 22.4 Å². The summed E-state index contributed by atoms with van der Waals surface area (Å²) >= 11 is 5.76. The molecule has 0 aliphatic heterocycles. The van der Waals surface area contributed by atoms with Gasteiger partial charge in [-0.25, -0.2) is 4.79 Å².